The highest BCUT2D eigenvalue weighted by molar-refractivity contribution is 6.32. The number of carbonyl (C=O) groups is 1. The van der Waals surface area contributed by atoms with Gasteiger partial charge in [0.15, 0.2) is 6.10 Å². The van der Waals surface area contributed by atoms with Gasteiger partial charge in [-0.1, -0.05) is 35.9 Å². The first-order valence-corrected chi connectivity index (χ1v) is 7.43. The van der Waals surface area contributed by atoms with E-state index in [1.165, 1.54) is 0 Å². The van der Waals surface area contributed by atoms with E-state index in [4.69, 9.17) is 21.1 Å². The van der Waals surface area contributed by atoms with Crippen molar-refractivity contribution in [2.24, 2.45) is 0 Å². The third-order valence-corrected chi connectivity index (χ3v) is 3.27. The van der Waals surface area contributed by atoms with Crippen LogP contribution in [0.1, 0.15) is 13.8 Å². The summed E-state index contributed by atoms with van der Waals surface area (Å²) < 4.78 is 11.1. The van der Waals surface area contributed by atoms with Gasteiger partial charge in [-0.3, -0.25) is 4.79 Å². The van der Waals surface area contributed by atoms with E-state index in [1.807, 2.05) is 19.1 Å². The second-order valence-corrected chi connectivity index (χ2v) is 5.02. The highest BCUT2D eigenvalue weighted by atomic mass is 35.5. The standard InChI is InChI=1S/C17H18ClNO3/c1-3-21-16-11-7-5-9-14(16)19-17(20)12(2)22-15-10-6-4-8-13(15)18/h4-12H,3H2,1-2H3,(H,19,20)/t12-/m1/s1. The molecule has 22 heavy (non-hydrogen) atoms. The lowest BCUT2D eigenvalue weighted by atomic mass is 10.2. The van der Waals surface area contributed by atoms with Crippen LogP contribution in [0, 0.1) is 0 Å². The summed E-state index contributed by atoms with van der Waals surface area (Å²) in [5.74, 6) is 0.834. The van der Waals surface area contributed by atoms with Gasteiger partial charge in [-0.2, -0.15) is 0 Å². The van der Waals surface area contributed by atoms with Crippen molar-refractivity contribution in [3.63, 3.8) is 0 Å². The van der Waals surface area contributed by atoms with Gasteiger partial charge in [-0.15, -0.1) is 0 Å². The molecule has 2 aromatic carbocycles. The van der Waals surface area contributed by atoms with Gasteiger partial charge in [0.05, 0.1) is 17.3 Å². The number of carbonyl (C=O) groups excluding carboxylic acids is 1. The van der Waals surface area contributed by atoms with Crippen molar-refractivity contribution in [1.82, 2.24) is 0 Å². The molecule has 0 fully saturated rings. The van der Waals surface area contributed by atoms with Crippen LogP contribution in [0.15, 0.2) is 48.5 Å². The van der Waals surface area contributed by atoms with Crippen molar-refractivity contribution < 1.29 is 14.3 Å². The number of halogens is 1. The van der Waals surface area contributed by atoms with Crippen molar-refractivity contribution >= 4 is 23.2 Å². The molecule has 1 amide bonds. The van der Waals surface area contributed by atoms with Gasteiger partial charge >= 0.3 is 0 Å². The molecule has 1 N–H and O–H groups in total. The lowest BCUT2D eigenvalue weighted by molar-refractivity contribution is -0.122. The third-order valence-electron chi connectivity index (χ3n) is 2.95. The summed E-state index contributed by atoms with van der Waals surface area (Å²) in [4.78, 5) is 12.2. The fraction of sp³-hybridized carbons (Fsp3) is 0.235. The predicted molar refractivity (Wildman–Crippen MR) is 87.8 cm³/mol. The molecule has 0 aliphatic heterocycles. The lowest BCUT2D eigenvalue weighted by Gasteiger charge is -2.17. The fourth-order valence-corrected chi connectivity index (χ4v) is 2.05. The molecule has 0 aliphatic rings. The Morgan fingerprint density at radius 1 is 1.14 bits per heavy atom. The molecule has 2 rings (SSSR count). The van der Waals surface area contributed by atoms with Gasteiger partial charge in [0.2, 0.25) is 0 Å². The van der Waals surface area contributed by atoms with Crippen molar-refractivity contribution in [3.8, 4) is 11.5 Å². The van der Waals surface area contributed by atoms with Crippen molar-refractivity contribution in [1.29, 1.82) is 0 Å². The Balaban J connectivity index is 2.04. The Bertz CT molecular complexity index is 645. The average molecular weight is 320 g/mol. The number of ether oxygens (including phenoxy) is 2. The van der Waals surface area contributed by atoms with E-state index in [0.717, 1.165) is 0 Å². The number of hydrogen-bond donors (Lipinski definition) is 1. The molecule has 4 nitrogen and oxygen atoms in total. The molecule has 0 bridgehead atoms. The Kier molecular flexibility index (Phi) is 5.67. The maximum absolute atomic E-state index is 12.2. The van der Waals surface area contributed by atoms with Gasteiger partial charge in [-0.05, 0) is 38.1 Å². The third kappa shape index (κ3) is 4.15. The molecule has 0 unspecified atom stereocenters. The maximum atomic E-state index is 12.2. The number of benzene rings is 2. The minimum atomic E-state index is -0.686. The van der Waals surface area contributed by atoms with E-state index >= 15 is 0 Å². The monoisotopic (exact) mass is 319 g/mol. The second-order valence-electron chi connectivity index (χ2n) is 4.61. The van der Waals surface area contributed by atoms with Gasteiger partial charge in [0, 0.05) is 0 Å². The molecule has 1 atom stereocenters. The zero-order chi connectivity index (χ0) is 15.9. The van der Waals surface area contributed by atoms with Crippen LogP contribution < -0.4 is 14.8 Å². The first-order valence-electron chi connectivity index (χ1n) is 7.05. The van der Waals surface area contributed by atoms with Gasteiger partial charge in [0.1, 0.15) is 11.5 Å². The molecule has 0 spiro atoms. The van der Waals surface area contributed by atoms with E-state index in [0.29, 0.717) is 28.8 Å². The number of para-hydroxylation sites is 3. The van der Waals surface area contributed by atoms with E-state index in [2.05, 4.69) is 5.32 Å². The minimum Gasteiger partial charge on any atom is -0.492 e. The smallest absolute Gasteiger partial charge is 0.265 e. The average Bonchev–Trinajstić information content (AvgIpc) is 2.51. The van der Waals surface area contributed by atoms with Crippen LogP contribution >= 0.6 is 11.6 Å². The van der Waals surface area contributed by atoms with Crippen LogP contribution in [0.5, 0.6) is 11.5 Å². The number of rotatable bonds is 6. The normalized spacial score (nSPS) is 11.6. The molecule has 116 valence electrons. The summed E-state index contributed by atoms with van der Waals surface area (Å²) in [5, 5.41) is 3.27. The topological polar surface area (TPSA) is 47.6 Å². The number of hydrogen-bond acceptors (Lipinski definition) is 3. The van der Waals surface area contributed by atoms with Gasteiger partial charge in [0.25, 0.3) is 5.91 Å². The summed E-state index contributed by atoms with van der Waals surface area (Å²) in [6, 6.07) is 14.3. The summed E-state index contributed by atoms with van der Waals surface area (Å²) in [6.07, 6.45) is -0.686. The predicted octanol–water partition coefficient (Wildman–Crippen LogP) is 4.14. The molecular weight excluding hydrogens is 302 g/mol. The highest BCUT2D eigenvalue weighted by Gasteiger charge is 2.17. The Hall–Kier alpha value is -2.20. The van der Waals surface area contributed by atoms with Crippen LogP contribution in [-0.4, -0.2) is 18.6 Å². The summed E-state index contributed by atoms with van der Waals surface area (Å²) >= 11 is 6.02. The van der Waals surface area contributed by atoms with Gasteiger partial charge in [-0.25, -0.2) is 0 Å². The number of anilines is 1. The molecule has 0 radical (unpaired) electrons. The summed E-state index contributed by atoms with van der Waals surface area (Å²) in [5.41, 5.74) is 0.615. The molecule has 0 saturated carbocycles. The summed E-state index contributed by atoms with van der Waals surface area (Å²) in [7, 11) is 0. The molecule has 0 aromatic heterocycles. The number of nitrogens with one attached hydrogen (secondary N) is 1. The van der Waals surface area contributed by atoms with Crippen LogP contribution in [0.2, 0.25) is 5.02 Å². The van der Waals surface area contributed by atoms with Crippen molar-refractivity contribution in [2.45, 2.75) is 20.0 Å². The van der Waals surface area contributed by atoms with E-state index < -0.39 is 6.10 Å². The fourth-order valence-electron chi connectivity index (χ4n) is 1.87. The van der Waals surface area contributed by atoms with Crippen LogP contribution in [0.3, 0.4) is 0 Å². The van der Waals surface area contributed by atoms with E-state index in [1.54, 1.807) is 43.3 Å². The highest BCUT2D eigenvalue weighted by Crippen LogP contribution is 2.26. The number of amides is 1. The van der Waals surface area contributed by atoms with E-state index in [9.17, 15) is 4.79 Å². The Labute approximate surface area is 135 Å². The first kappa shape index (κ1) is 16.2. The van der Waals surface area contributed by atoms with E-state index in [-0.39, 0.29) is 5.91 Å². The largest absolute Gasteiger partial charge is 0.492 e. The molecule has 2 aromatic rings. The van der Waals surface area contributed by atoms with Crippen LogP contribution in [-0.2, 0) is 4.79 Å². The molecular formula is C17H18ClNO3. The summed E-state index contributed by atoms with van der Waals surface area (Å²) in [6.45, 7) is 4.09. The van der Waals surface area contributed by atoms with Crippen LogP contribution in [0.25, 0.3) is 0 Å². The van der Waals surface area contributed by atoms with Gasteiger partial charge < -0.3 is 14.8 Å². The molecule has 0 aliphatic carbocycles. The quantitative estimate of drug-likeness (QED) is 0.870. The maximum Gasteiger partial charge on any atom is 0.265 e. The minimum absolute atomic E-state index is 0.271. The lowest BCUT2D eigenvalue weighted by Crippen LogP contribution is -2.30. The van der Waals surface area contributed by atoms with Crippen molar-refractivity contribution in [3.05, 3.63) is 53.6 Å². The zero-order valence-electron chi connectivity index (χ0n) is 12.5. The molecule has 5 heteroatoms. The van der Waals surface area contributed by atoms with Crippen molar-refractivity contribution in [2.75, 3.05) is 11.9 Å². The Morgan fingerprint density at radius 3 is 2.45 bits per heavy atom. The molecule has 0 heterocycles. The zero-order valence-corrected chi connectivity index (χ0v) is 13.3. The second kappa shape index (κ2) is 7.71. The molecule has 0 saturated heterocycles. The SMILES string of the molecule is CCOc1ccccc1NC(=O)[C@@H](C)Oc1ccccc1Cl. The Morgan fingerprint density at radius 2 is 1.77 bits per heavy atom. The van der Waals surface area contributed by atoms with Crippen LogP contribution in [0.4, 0.5) is 5.69 Å². The first-order chi connectivity index (χ1) is 10.6.